The van der Waals surface area contributed by atoms with Gasteiger partial charge in [-0.1, -0.05) is 12.2 Å². The highest BCUT2D eigenvalue weighted by Crippen LogP contribution is 2.66. The second-order valence-corrected chi connectivity index (χ2v) is 5.64. The first-order valence-electron chi connectivity index (χ1n) is 5.41. The molecule has 1 atom stereocenters. The van der Waals surface area contributed by atoms with Gasteiger partial charge in [0.2, 0.25) is 0 Å². The Kier molecular flexibility index (Phi) is 4.65. The molecule has 0 saturated carbocycles. The molecule has 0 bridgehead atoms. The first-order chi connectivity index (χ1) is 7.48. The molecular weight excluding hydrogens is 237 g/mol. The van der Waals surface area contributed by atoms with Crippen LogP contribution >= 0.6 is 7.60 Å². The topological polar surface area (TPSA) is 35.5 Å². The Balaban J connectivity index is 2.90. The Bertz CT molecular complexity index is 294. The molecule has 1 aliphatic carbocycles. The number of hydrogen-bond acceptors (Lipinski definition) is 3. The van der Waals surface area contributed by atoms with Gasteiger partial charge in [-0.2, -0.15) is 8.78 Å². The van der Waals surface area contributed by atoms with Gasteiger partial charge in [0, 0.05) is 0 Å². The third kappa shape index (κ3) is 2.53. The molecule has 1 aliphatic rings. The third-order valence-corrected chi connectivity index (χ3v) is 4.68. The zero-order valence-corrected chi connectivity index (χ0v) is 10.4. The number of allylic oxidation sites excluding steroid dienone is 2. The quantitative estimate of drug-likeness (QED) is 0.534. The Labute approximate surface area is 94.3 Å². The summed E-state index contributed by atoms with van der Waals surface area (Å²) in [6.45, 7) is 2.94. The van der Waals surface area contributed by atoms with Crippen LogP contribution in [0.4, 0.5) is 8.78 Å². The predicted molar refractivity (Wildman–Crippen MR) is 57.7 cm³/mol. The summed E-state index contributed by atoms with van der Waals surface area (Å²) < 4.78 is 49.4. The van der Waals surface area contributed by atoms with Crippen LogP contribution in [0.5, 0.6) is 0 Å². The van der Waals surface area contributed by atoms with Crippen molar-refractivity contribution in [3.63, 3.8) is 0 Å². The number of hydrogen-bond donors (Lipinski definition) is 0. The maximum Gasteiger partial charge on any atom is 0.400 e. The Morgan fingerprint density at radius 2 is 1.94 bits per heavy atom. The smallest absolute Gasteiger partial charge is 0.305 e. The molecule has 1 rings (SSSR count). The summed E-state index contributed by atoms with van der Waals surface area (Å²) in [5.41, 5.74) is -3.44. The molecule has 16 heavy (non-hydrogen) atoms. The summed E-state index contributed by atoms with van der Waals surface area (Å²) in [4.78, 5) is 0. The van der Waals surface area contributed by atoms with Crippen LogP contribution in [0.2, 0.25) is 0 Å². The highest BCUT2D eigenvalue weighted by molar-refractivity contribution is 7.55. The molecule has 0 aromatic carbocycles. The minimum Gasteiger partial charge on any atom is -0.305 e. The summed E-state index contributed by atoms with van der Waals surface area (Å²) in [5, 5.41) is 0. The van der Waals surface area contributed by atoms with Gasteiger partial charge in [-0.05, 0) is 26.7 Å². The third-order valence-electron chi connectivity index (χ3n) is 2.42. The minimum atomic E-state index is -4.36. The van der Waals surface area contributed by atoms with Gasteiger partial charge in [0.1, 0.15) is 0 Å². The fourth-order valence-corrected chi connectivity index (χ4v) is 3.39. The highest BCUT2D eigenvalue weighted by Gasteiger charge is 2.57. The Morgan fingerprint density at radius 1 is 1.38 bits per heavy atom. The minimum absolute atomic E-state index is 0.0523. The van der Waals surface area contributed by atoms with Gasteiger partial charge in [-0.25, -0.2) is 0 Å². The molecule has 0 aromatic heterocycles. The maximum atomic E-state index is 14.0. The first kappa shape index (κ1) is 13.8. The van der Waals surface area contributed by atoms with Gasteiger partial charge in [0.15, 0.2) is 0 Å². The average molecular weight is 254 g/mol. The van der Waals surface area contributed by atoms with Crippen molar-refractivity contribution in [3.8, 4) is 0 Å². The van der Waals surface area contributed by atoms with E-state index < -0.39 is 19.2 Å². The van der Waals surface area contributed by atoms with Crippen molar-refractivity contribution in [2.24, 2.45) is 5.92 Å². The normalized spacial score (nSPS) is 21.6. The van der Waals surface area contributed by atoms with Gasteiger partial charge >= 0.3 is 13.3 Å². The van der Waals surface area contributed by atoms with Crippen molar-refractivity contribution >= 4 is 7.60 Å². The van der Waals surface area contributed by atoms with E-state index in [-0.39, 0.29) is 19.6 Å². The van der Waals surface area contributed by atoms with Crippen LogP contribution in [-0.4, -0.2) is 18.9 Å². The van der Waals surface area contributed by atoms with Crippen molar-refractivity contribution in [1.82, 2.24) is 0 Å². The van der Waals surface area contributed by atoms with Crippen LogP contribution in [-0.2, 0) is 13.6 Å². The summed E-state index contributed by atoms with van der Waals surface area (Å²) in [7, 11) is -4.36. The molecule has 0 amide bonds. The molecule has 3 nitrogen and oxygen atoms in total. The summed E-state index contributed by atoms with van der Waals surface area (Å²) in [6, 6.07) is 0. The molecule has 0 fully saturated rings. The molecule has 0 aliphatic heterocycles. The molecule has 0 heterocycles. The standard InChI is InChI=1S/C10H17F2O3P/c1-3-14-16(13,15-4-2)10(11,12)9-7-5-6-8-9/h5,7,9H,3-4,6,8H2,1-2H3. The number of alkyl halides is 2. The fraction of sp³-hybridized carbons (Fsp3) is 0.800. The largest absolute Gasteiger partial charge is 0.400 e. The van der Waals surface area contributed by atoms with Gasteiger partial charge in [-0.15, -0.1) is 0 Å². The van der Waals surface area contributed by atoms with E-state index in [1.165, 1.54) is 19.9 Å². The summed E-state index contributed by atoms with van der Waals surface area (Å²) >= 11 is 0. The van der Waals surface area contributed by atoms with E-state index in [0.717, 1.165) is 0 Å². The van der Waals surface area contributed by atoms with E-state index in [1.807, 2.05) is 0 Å². The lowest BCUT2D eigenvalue weighted by molar-refractivity contribution is 0.00398. The maximum absolute atomic E-state index is 14.0. The monoisotopic (exact) mass is 254 g/mol. The van der Waals surface area contributed by atoms with Crippen molar-refractivity contribution < 1.29 is 22.4 Å². The van der Waals surface area contributed by atoms with E-state index in [2.05, 4.69) is 0 Å². The predicted octanol–water partition coefficient (Wildman–Crippen LogP) is 3.81. The van der Waals surface area contributed by atoms with Crippen molar-refractivity contribution in [2.75, 3.05) is 13.2 Å². The average Bonchev–Trinajstić information content (AvgIpc) is 2.71. The second-order valence-electron chi connectivity index (χ2n) is 3.53. The van der Waals surface area contributed by atoms with Crippen LogP contribution < -0.4 is 0 Å². The van der Waals surface area contributed by atoms with Crippen LogP contribution in [0, 0.1) is 5.92 Å². The van der Waals surface area contributed by atoms with E-state index in [1.54, 1.807) is 6.08 Å². The molecule has 0 radical (unpaired) electrons. The van der Waals surface area contributed by atoms with Gasteiger partial charge in [0.05, 0.1) is 19.1 Å². The molecule has 6 heteroatoms. The van der Waals surface area contributed by atoms with E-state index in [4.69, 9.17) is 9.05 Å². The lowest BCUT2D eigenvalue weighted by Gasteiger charge is -2.29. The zero-order valence-electron chi connectivity index (χ0n) is 9.49. The number of rotatable bonds is 6. The zero-order chi connectivity index (χ0) is 12.2. The van der Waals surface area contributed by atoms with E-state index in [0.29, 0.717) is 6.42 Å². The van der Waals surface area contributed by atoms with Crippen LogP contribution in [0.3, 0.4) is 0 Å². The lowest BCUT2D eigenvalue weighted by atomic mass is 10.1. The molecule has 0 saturated heterocycles. The van der Waals surface area contributed by atoms with Crippen molar-refractivity contribution in [2.45, 2.75) is 32.4 Å². The second kappa shape index (κ2) is 5.39. The fourth-order valence-electron chi connectivity index (χ4n) is 1.67. The summed E-state index contributed by atoms with van der Waals surface area (Å²) in [6.07, 6.45) is 3.93. The van der Waals surface area contributed by atoms with E-state index in [9.17, 15) is 13.3 Å². The highest BCUT2D eigenvalue weighted by atomic mass is 31.2. The van der Waals surface area contributed by atoms with Crippen molar-refractivity contribution in [1.29, 1.82) is 0 Å². The van der Waals surface area contributed by atoms with Crippen LogP contribution in [0.25, 0.3) is 0 Å². The number of halogens is 2. The van der Waals surface area contributed by atoms with Crippen molar-refractivity contribution in [3.05, 3.63) is 12.2 Å². The molecule has 0 N–H and O–H groups in total. The molecule has 0 aromatic rings. The van der Waals surface area contributed by atoms with Gasteiger partial charge in [-0.3, -0.25) is 4.57 Å². The molecule has 1 unspecified atom stereocenters. The van der Waals surface area contributed by atoms with Crippen LogP contribution in [0.15, 0.2) is 12.2 Å². The lowest BCUT2D eigenvalue weighted by Crippen LogP contribution is -2.28. The Hall–Kier alpha value is -0.250. The molecule has 0 spiro atoms. The SMILES string of the molecule is CCOP(=O)(OCC)C(F)(F)C1C=CCC1. The molecule has 94 valence electrons. The van der Waals surface area contributed by atoms with E-state index >= 15 is 0 Å². The molecular formula is C10H17F2O3P. The van der Waals surface area contributed by atoms with Crippen LogP contribution in [0.1, 0.15) is 26.7 Å². The van der Waals surface area contributed by atoms with Gasteiger partial charge < -0.3 is 9.05 Å². The van der Waals surface area contributed by atoms with Gasteiger partial charge in [0.25, 0.3) is 0 Å². The summed E-state index contributed by atoms with van der Waals surface area (Å²) in [5.74, 6) is -1.04. The Morgan fingerprint density at radius 3 is 2.31 bits per heavy atom. The first-order valence-corrected chi connectivity index (χ1v) is 6.96.